The SMILES string of the molecule is CNC(=O)CCSC[C@@H]1C[C@H](SC2=C(C(=O)O)N3C(=O)[C@H]([C@@H](C)O)[C@H]3[C@H]2C)CN1. The number of nitrogens with one attached hydrogen (secondary N) is 2. The van der Waals surface area contributed by atoms with Gasteiger partial charge < -0.3 is 25.7 Å². The molecule has 0 aromatic rings. The lowest BCUT2D eigenvalue weighted by Gasteiger charge is -2.46. The van der Waals surface area contributed by atoms with Gasteiger partial charge in [-0.1, -0.05) is 6.92 Å². The van der Waals surface area contributed by atoms with Crippen LogP contribution in [0.3, 0.4) is 0 Å². The number of carboxylic acids is 1. The molecular weight excluding hydrogens is 414 g/mol. The number of amides is 2. The van der Waals surface area contributed by atoms with Gasteiger partial charge in [-0.2, -0.15) is 11.8 Å². The molecule has 2 saturated heterocycles. The zero-order chi connectivity index (χ0) is 21.3. The monoisotopic (exact) mass is 443 g/mol. The van der Waals surface area contributed by atoms with E-state index in [2.05, 4.69) is 10.6 Å². The van der Waals surface area contributed by atoms with E-state index in [9.17, 15) is 24.6 Å². The highest BCUT2D eigenvalue weighted by atomic mass is 32.2. The summed E-state index contributed by atoms with van der Waals surface area (Å²) in [5.74, 6) is -0.255. The lowest BCUT2D eigenvalue weighted by molar-refractivity contribution is -0.163. The van der Waals surface area contributed by atoms with Crippen molar-refractivity contribution >= 4 is 41.3 Å². The van der Waals surface area contributed by atoms with Crippen LogP contribution in [-0.2, 0) is 14.4 Å². The van der Waals surface area contributed by atoms with E-state index in [0.717, 1.165) is 29.4 Å². The molecular formula is C19H29N3O5S2. The van der Waals surface area contributed by atoms with Crippen LogP contribution in [0.15, 0.2) is 10.6 Å². The van der Waals surface area contributed by atoms with Gasteiger partial charge in [-0.05, 0) is 13.3 Å². The van der Waals surface area contributed by atoms with E-state index >= 15 is 0 Å². The van der Waals surface area contributed by atoms with Gasteiger partial charge in [0.25, 0.3) is 0 Å². The topological polar surface area (TPSA) is 119 Å². The molecule has 0 radical (unpaired) electrons. The van der Waals surface area contributed by atoms with Gasteiger partial charge >= 0.3 is 5.97 Å². The predicted molar refractivity (Wildman–Crippen MR) is 113 cm³/mol. The fourth-order valence-corrected chi connectivity index (χ4v) is 6.93. The molecule has 0 aromatic carbocycles. The Bertz CT molecular complexity index is 714. The largest absolute Gasteiger partial charge is 0.477 e. The number of β-lactam (4-membered cyclic amide) rings is 1. The number of carbonyl (C=O) groups is 3. The Balaban J connectivity index is 1.58. The molecule has 8 nitrogen and oxygen atoms in total. The highest BCUT2D eigenvalue weighted by molar-refractivity contribution is 8.03. The summed E-state index contributed by atoms with van der Waals surface area (Å²) in [6, 6.07) is 0.0678. The Morgan fingerprint density at radius 1 is 1.41 bits per heavy atom. The standard InChI is InChI=1S/C19H29N3O5S2/c1-9-15-14(10(2)23)18(25)22(15)16(19(26)27)17(9)29-12-6-11(21-7-12)8-28-5-4-13(24)20-3/h9-12,14-15,21,23H,4-8H2,1-3H3,(H,20,24)(H,26,27)/t9-,10-,11+,12+,14-,15-/m1/s1. The average Bonchev–Trinajstić information content (AvgIpc) is 3.20. The first-order valence-corrected chi connectivity index (χ1v) is 12.0. The maximum atomic E-state index is 12.4. The summed E-state index contributed by atoms with van der Waals surface area (Å²) in [6.07, 6.45) is 0.641. The summed E-state index contributed by atoms with van der Waals surface area (Å²) in [5.41, 5.74) is 0.0952. The van der Waals surface area contributed by atoms with Gasteiger partial charge in [0.05, 0.1) is 18.1 Å². The Kier molecular flexibility index (Phi) is 7.19. The molecule has 2 fully saturated rings. The van der Waals surface area contributed by atoms with Crippen LogP contribution < -0.4 is 10.6 Å². The average molecular weight is 444 g/mol. The fraction of sp³-hybridized carbons (Fsp3) is 0.737. The number of nitrogens with zero attached hydrogens (tertiary/aromatic N) is 1. The first-order chi connectivity index (χ1) is 13.8. The van der Waals surface area contributed by atoms with E-state index in [4.69, 9.17) is 0 Å². The maximum Gasteiger partial charge on any atom is 0.353 e. The Hall–Kier alpha value is -1.23. The first-order valence-electron chi connectivity index (χ1n) is 9.93. The molecule has 0 aliphatic carbocycles. The second-order valence-corrected chi connectivity index (χ2v) is 10.3. The van der Waals surface area contributed by atoms with E-state index in [1.165, 1.54) is 4.90 Å². The van der Waals surface area contributed by atoms with Crippen molar-refractivity contribution in [1.82, 2.24) is 15.5 Å². The predicted octanol–water partition coefficient (Wildman–Crippen LogP) is 0.473. The highest BCUT2D eigenvalue weighted by Gasteiger charge is 2.60. The van der Waals surface area contributed by atoms with Gasteiger partial charge in [0.1, 0.15) is 5.70 Å². The number of carboxylic acid groups (broad SMARTS) is 1. The summed E-state index contributed by atoms with van der Waals surface area (Å²) < 4.78 is 0. The number of aliphatic hydroxyl groups is 1. The lowest BCUT2D eigenvalue weighted by atomic mass is 9.79. The van der Waals surface area contributed by atoms with E-state index in [-0.39, 0.29) is 34.7 Å². The van der Waals surface area contributed by atoms with Crippen LogP contribution in [0.4, 0.5) is 0 Å². The Labute approximate surface area is 179 Å². The number of carbonyl (C=O) groups excluding carboxylic acids is 2. The van der Waals surface area contributed by atoms with Gasteiger partial charge in [0.2, 0.25) is 11.8 Å². The molecule has 3 aliphatic rings. The van der Waals surface area contributed by atoms with Gasteiger partial charge in [-0.25, -0.2) is 4.79 Å². The van der Waals surface area contributed by atoms with E-state index in [0.29, 0.717) is 12.5 Å². The van der Waals surface area contributed by atoms with Crippen molar-refractivity contribution < 1.29 is 24.6 Å². The number of hydrogen-bond acceptors (Lipinski definition) is 7. The summed E-state index contributed by atoms with van der Waals surface area (Å²) in [4.78, 5) is 37.7. The zero-order valence-corrected chi connectivity index (χ0v) is 18.5. The van der Waals surface area contributed by atoms with E-state index in [1.54, 1.807) is 37.5 Å². The number of aliphatic hydroxyl groups excluding tert-OH is 1. The van der Waals surface area contributed by atoms with Gasteiger partial charge in [-0.15, -0.1) is 11.8 Å². The van der Waals surface area contributed by atoms with Crippen LogP contribution in [0.2, 0.25) is 0 Å². The summed E-state index contributed by atoms with van der Waals surface area (Å²) >= 11 is 3.30. The minimum Gasteiger partial charge on any atom is -0.477 e. The number of thioether (sulfide) groups is 2. The van der Waals surface area contributed by atoms with Crippen LogP contribution >= 0.6 is 23.5 Å². The fourth-order valence-electron chi connectivity index (χ4n) is 4.37. The Morgan fingerprint density at radius 3 is 2.76 bits per heavy atom. The molecule has 0 unspecified atom stereocenters. The Morgan fingerprint density at radius 2 is 2.14 bits per heavy atom. The van der Waals surface area contributed by atoms with Gasteiger partial charge in [0, 0.05) is 53.6 Å². The van der Waals surface area contributed by atoms with Crippen LogP contribution in [-0.4, -0.2) is 81.4 Å². The van der Waals surface area contributed by atoms with Crippen molar-refractivity contribution in [1.29, 1.82) is 0 Å². The van der Waals surface area contributed by atoms with Gasteiger partial charge in [-0.3, -0.25) is 9.59 Å². The quantitative estimate of drug-likeness (QED) is 0.300. The van der Waals surface area contributed by atoms with Crippen molar-refractivity contribution in [2.24, 2.45) is 11.8 Å². The first kappa shape index (κ1) is 22.5. The minimum absolute atomic E-state index is 0.0448. The summed E-state index contributed by atoms with van der Waals surface area (Å²) in [6.45, 7) is 4.32. The molecule has 10 heteroatoms. The molecule has 2 amide bonds. The van der Waals surface area contributed by atoms with Crippen molar-refractivity contribution in [3.05, 3.63) is 10.6 Å². The van der Waals surface area contributed by atoms with Crippen LogP contribution in [0.1, 0.15) is 26.7 Å². The summed E-state index contributed by atoms with van der Waals surface area (Å²) in [5, 5.41) is 26.0. The van der Waals surface area contributed by atoms with Crippen molar-refractivity contribution in [2.75, 3.05) is 25.1 Å². The minimum atomic E-state index is -1.08. The second-order valence-electron chi connectivity index (χ2n) is 7.85. The third-order valence-corrected chi connectivity index (χ3v) is 8.50. The smallest absolute Gasteiger partial charge is 0.353 e. The van der Waals surface area contributed by atoms with Crippen molar-refractivity contribution in [3.63, 3.8) is 0 Å². The van der Waals surface area contributed by atoms with Crippen molar-refractivity contribution in [2.45, 2.75) is 50.1 Å². The third-order valence-electron chi connectivity index (χ3n) is 5.86. The van der Waals surface area contributed by atoms with Crippen molar-refractivity contribution in [3.8, 4) is 0 Å². The molecule has 0 saturated carbocycles. The second kappa shape index (κ2) is 9.28. The van der Waals surface area contributed by atoms with Crippen LogP contribution in [0.25, 0.3) is 0 Å². The maximum absolute atomic E-state index is 12.4. The number of aliphatic carboxylic acids is 1. The molecule has 0 spiro atoms. The van der Waals surface area contributed by atoms with Crippen LogP contribution in [0, 0.1) is 11.8 Å². The molecule has 4 N–H and O–H groups in total. The summed E-state index contributed by atoms with van der Waals surface area (Å²) in [7, 11) is 1.64. The molecule has 162 valence electrons. The molecule has 6 atom stereocenters. The third kappa shape index (κ3) is 4.45. The lowest BCUT2D eigenvalue weighted by Crippen LogP contribution is -2.63. The number of hydrogen-bond donors (Lipinski definition) is 4. The van der Waals surface area contributed by atoms with E-state index in [1.807, 2.05) is 6.92 Å². The molecule has 0 aromatic heterocycles. The highest BCUT2D eigenvalue weighted by Crippen LogP contribution is 2.51. The number of fused-ring (bicyclic) bond motifs is 1. The van der Waals surface area contributed by atoms with Gasteiger partial charge in [0.15, 0.2) is 0 Å². The molecule has 29 heavy (non-hydrogen) atoms. The normalized spacial score (nSPS) is 32.2. The molecule has 0 bridgehead atoms. The molecule has 3 rings (SSSR count). The van der Waals surface area contributed by atoms with E-state index < -0.39 is 18.0 Å². The molecule has 3 heterocycles. The van der Waals surface area contributed by atoms with Crippen LogP contribution in [0.5, 0.6) is 0 Å². The number of rotatable bonds is 9. The zero-order valence-electron chi connectivity index (χ0n) is 16.9. The molecule has 3 aliphatic heterocycles.